The molecule has 0 spiro atoms. The molecule has 1 atom stereocenters. The van der Waals surface area contributed by atoms with E-state index >= 15 is 0 Å². The number of nitrogens with zero attached hydrogens (tertiary/aromatic N) is 3. The number of nitrogens with one attached hydrogen (secondary N) is 1. The Kier molecular flexibility index (Phi) is 7.45. The highest BCUT2D eigenvalue weighted by atomic mass is 35.5. The average molecular weight is 476 g/mol. The van der Waals surface area contributed by atoms with Crippen LogP contribution >= 0.6 is 11.6 Å². The van der Waals surface area contributed by atoms with Gasteiger partial charge in [0, 0.05) is 18.6 Å². The second-order valence-corrected chi connectivity index (χ2v) is 11.0. The molecule has 0 saturated heterocycles. The fraction of sp³-hybridized carbons (Fsp3) is 0.375. The quantitative estimate of drug-likeness (QED) is 0.412. The lowest BCUT2D eigenvalue weighted by Crippen LogP contribution is -2.21. The predicted octanol–water partition coefficient (Wildman–Crippen LogP) is 5.67. The van der Waals surface area contributed by atoms with E-state index in [1.807, 2.05) is 52.3 Å². The van der Waals surface area contributed by atoms with Crippen molar-refractivity contribution in [1.82, 2.24) is 14.7 Å². The lowest BCUT2D eigenvalue weighted by molar-refractivity contribution is 0.402. The zero-order valence-corrected chi connectivity index (χ0v) is 21.1. The maximum Gasteiger partial charge on any atom is 0.346 e. The first-order valence-corrected chi connectivity index (χ1v) is 12.5. The number of hydrogen-bond acceptors (Lipinski definition) is 3. The Hall–Kier alpha value is -2.19. The lowest BCUT2D eigenvalue weighted by Gasteiger charge is -2.13. The van der Waals surface area contributed by atoms with E-state index in [2.05, 4.69) is 34.6 Å². The Labute approximate surface area is 197 Å². The molecule has 172 valence electrons. The van der Waals surface area contributed by atoms with Crippen LogP contribution in [0.25, 0.3) is 11.1 Å². The first-order valence-electron chi connectivity index (χ1n) is 10.6. The van der Waals surface area contributed by atoms with Gasteiger partial charge in [-0.05, 0) is 90.7 Å². The van der Waals surface area contributed by atoms with Gasteiger partial charge < -0.3 is 4.90 Å². The SMILES string of the molecule is Cc1c(N[S+](=O)(O)c2ccc(-c3ccc(Cl)c(CN(C)C)c3)cc2)c(CC(C)C)nn1C. The van der Waals surface area contributed by atoms with Crippen LogP contribution in [0.4, 0.5) is 5.69 Å². The van der Waals surface area contributed by atoms with Crippen LogP contribution in [0.5, 0.6) is 0 Å². The van der Waals surface area contributed by atoms with Crippen molar-refractivity contribution in [1.29, 1.82) is 0 Å². The molecule has 0 aliphatic rings. The van der Waals surface area contributed by atoms with Crippen molar-refractivity contribution in [2.45, 2.75) is 38.6 Å². The van der Waals surface area contributed by atoms with Crippen LogP contribution in [0.3, 0.4) is 0 Å². The highest BCUT2D eigenvalue weighted by molar-refractivity contribution is 7.99. The van der Waals surface area contributed by atoms with Gasteiger partial charge in [0.1, 0.15) is 5.69 Å². The first kappa shape index (κ1) is 24.5. The summed E-state index contributed by atoms with van der Waals surface area (Å²) < 4.78 is 28.7. The van der Waals surface area contributed by atoms with Crippen LogP contribution in [-0.2, 0) is 34.6 Å². The summed E-state index contributed by atoms with van der Waals surface area (Å²) in [6, 6.07) is 13.0. The molecular weight excluding hydrogens is 444 g/mol. The highest BCUT2D eigenvalue weighted by Crippen LogP contribution is 2.30. The molecule has 0 radical (unpaired) electrons. The van der Waals surface area contributed by atoms with E-state index < -0.39 is 10.4 Å². The van der Waals surface area contributed by atoms with E-state index in [9.17, 15) is 8.76 Å². The first-order chi connectivity index (χ1) is 15.0. The number of aryl methyl sites for hydroxylation is 1. The van der Waals surface area contributed by atoms with Crippen molar-refractivity contribution in [3.63, 3.8) is 0 Å². The lowest BCUT2D eigenvalue weighted by atomic mass is 10.0. The number of benzene rings is 2. The van der Waals surface area contributed by atoms with Crippen LogP contribution < -0.4 is 4.72 Å². The molecule has 1 unspecified atom stereocenters. The van der Waals surface area contributed by atoms with Gasteiger partial charge in [-0.1, -0.05) is 31.5 Å². The Balaban J connectivity index is 1.87. The van der Waals surface area contributed by atoms with Gasteiger partial charge in [0.25, 0.3) is 0 Å². The van der Waals surface area contributed by atoms with Crippen molar-refractivity contribution in [3.05, 3.63) is 64.4 Å². The molecule has 3 aromatic rings. The Bertz CT molecular complexity index is 1140. The van der Waals surface area contributed by atoms with Gasteiger partial charge >= 0.3 is 10.4 Å². The van der Waals surface area contributed by atoms with Crippen LogP contribution in [0.15, 0.2) is 47.4 Å². The van der Waals surface area contributed by atoms with E-state index in [-0.39, 0.29) is 0 Å². The highest BCUT2D eigenvalue weighted by Gasteiger charge is 2.32. The molecule has 0 amide bonds. The minimum atomic E-state index is -3.49. The Morgan fingerprint density at radius 2 is 1.78 bits per heavy atom. The molecule has 0 saturated carbocycles. The van der Waals surface area contributed by atoms with Crippen molar-refractivity contribution in [2.24, 2.45) is 13.0 Å². The summed E-state index contributed by atoms with van der Waals surface area (Å²) in [6.07, 6.45) is 0.727. The van der Waals surface area contributed by atoms with Crippen molar-refractivity contribution in [3.8, 4) is 11.1 Å². The van der Waals surface area contributed by atoms with Crippen molar-refractivity contribution in [2.75, 3.05) is 18.8 Å². The minimum absolute atomic E-state index is 0.322. The number of anilines is 1. The summed E-state index contributed by atoms with van der Waals surface area (Å²) >= 11 is 6.34. The number of halogens is 1. The third kappa shape index (κ3) is 5.59. The molecule has 3 rings (SSSR count). The van der Waals surface area contributed by atoms with Crippen LogP contribution in [0.2, 0.25) is 5.02 Å². The number of rotatable bonds is 8. The molecule has 6 nitrogen and oxygen atoms in total. The minimum Gasteiger partial charge on any atom is -0.305 e. The number of hydrogen-bond donors (Lipinski definition) is 2. The molecule has 0 fully saturated rings. The standard InChI is InChI=1S/C24H31ClN4O2S/c1-16(2)13-23-24(17(3)29(6)26-23)27-32(30,31)21-10-7-18(8-11-21)19-9-12-22(25)20(14-19)15-28(4)5/h7-12,14,16H,13,15H2,1-6H3,(H-,27,30,31)/p+1. The summed E-state index contributed by atoms with van der Waals surface area (Å²) in [4.78, 5) is 2.39. The van der Waals surface area contributed by atoms with Gasteiger partial charge in [-0.3, -0.25) is 4.68 Å². The second kappa shape index (κ2) is 9.75. The molecule has 0 aliphatic carbocycles. The van der Waals surface area contributed by atoms with Gasteiger partial charge in [-0.25, -0.2) is 0 Å². The zero-order chi connectivity index (χ0) is 23.6. The molecular formula is C24H32ClN4O2S+. The normalized spacial score (nSPS) is 13.6. The van der Waals surface area contributed by atoms with E-state index in [0.717, 1.165) is 46.1 Å². The molecule has 1 aromatic heterocycles. The van der Waals surface area contributed by atoms with Crippen LogP contribution in [0, 0.1) is 12.8 Å². The van der Waals surface area contributed by atoms with Crippen molar-refractivity contribution < 1.29 is 8.76 Å². The maximum atomic E-state index is 13.2. The van der Waals surface area contributed by atoms with Crippen LogP contribution in [0.1, 0.15) is 30.8 Å². The van der Waals surface area contributed by atoms with E-state index in [0.29, 0.717) is 16.5 Å². The molecule has 8 heteroatoms. The summed E-state index contributed by atoms with van der Waals surface area (Å²) in [5, 5.41) is 5.25. The zero-order valence-electron chi connectivity index (χ0n) is 19.5. The molecule has 1 heterocycles. The topological polar surface area (TPSA) is 70.4 Å². The van der Waals surface area contributed by atoms with Crippen molar-refractivity contribution >= 4 is 27.7 Å². The number of aromatic nitrogens is 2. The van der Waals surface area contributed by atoms with E-state index in [1.165, 1.54) is 0 Å². The van der Waals surface area contributed by atoms with Gasteiger partial charge in [0.2, 0.25) is 4.90 Å². The van der Waals surface area contributed by atoms with Gasteiger partial charge in [-0.2, -0.15) is 14.4 Å². The van der Waals surface area contributed by atoms with Gasteiger partial charge in [0.15, 0.2) is 0 Å². The molecule has 2 N–H and O–H groups in total. The predicted molar refractivity (Wildman–Crippen MR) is 133 cm³/mol. The second-order valence-electron chi connectivity index (χ2n) is 8.82. The summed E-state index contributed by atoms with van der Waals surface area (Å²) in [5.74, 6) is 0.385. The third-order valence-corrected chi connectivity index (χ3v) is 7.05. The average Bonchev–Trinajstić information content (AvgIpc) is 2.96. The van der Waals surface area contributed by atoms with E-state index in [4.69, 9.17) is 11.6 Å². The van der Waals surface area contributed by atoms with E-state index in [1.54, 1.807) is 16.8 Å². The maximum absolute atomic E-state index is 13.2. The summed E-state index contributed by atoms with van der Waals surface area (Å²) in [5.41, 5.74) is 5.26. The summed E-state index contributed by atoms with van der Waals surface area (Å²) in [7, 11) is 2.35. The smallest absolute Gasteiger partial charge is 0.305 e. The molecule has 0 bridgehead atoms. The molecule has 0 aliphatic heterocycles. The van der Waals surface area contributed by atoms with Crippen LogP contribution in [-0.4, -0.2) is 33.3 Å². The third-order valence-electron chi connectivity index (χ3n) is 5.29. The fourth-order valence-electron chi connectivity index (χ4n) is 3.58. The fourth-order valence-corrected chi connectivity index (χ4v) is 4.93. The van der Waals surface area contributed by atoms with Gasteiger partial charge in [-0.15, -0.1) is 0 Å². The van der Waals surface area contributed by atoms with Gasteiger partial charge in [0.05, 0.1) is 11.4 Å². The monoisotopic (exact) mass is 475 g/mol. The Morgan fingerprint density at radius 3 is 2.38 bits per heavy atom. The largest absolute Gasteiger partial charge is 0.346 e. The molecule has 2 aromatic carbocycles. The Morgan fingerprint density at radius 1 is 1.16 bits per heavy atom. The summed E-state index contributed by atoms with van der Waals surface area (Å²) in [6.45, 7) is 6.83. The molecule has 32 heavy (non-hydrogen) atoms.